The smallest absolute Gasteiger partial charge is 0.0991 e. The molecule has 2 aromatic rings. The predicted octanol–water partition coefficient (Wildman–Crippen LogP) is 4.80. The van der Waals surface area contributed by atoms with Crippen molar-refractivity contribution in [3.63, 3.8) is 0 Å². The summed E-state index contributed by atoms with van der Waals surface area (Å²) in [6.45, 7) is 0. The molecule has 9 heteroatoms. The number of thioether (sulfide) groups is 3. The first-order chi connectivity index (χ1) is 13.6. The van der Waals surface area contributed by atoms with Crippen LogP contribution >= 0.6 is 35.3 Å². The zero-order valence-electron chi connectivity index (χ0n) is 14.5. The number of azide groups is 1. The van der Waals surface area contributed by atoms with Gasteiger partial charge in [-0.05, 0) is 54.1 Å². The largest absolute Gasteiger partial charge is 0.391 e. The summed E-state index contributed by atoms with van der Waals surface area (Å²) in [7, 11) is 0. The lowest BCUT2D eigenvalue weighted by Crippen LogP contribution is -2.33. The highest BCUT2D eigenvalue weighted by molar-refractivity contribution is 8.18. The normalized spacial score (nSPS) is 20.9. The molecule has 1 fully saturated rings. The molecule has 1 saturated heterocycles. The second-order valence-corrected chi connectivity index (χ2v) is 9.88. The lowest BCUT2D eigenvalue weighted by Gasteiger charge is -2.25. The van der Waals surface area contributed by atoms with Gasteiger partial charge in [0.25, 0.3) is 0 Å². The summed E-state index contributed by atoms with van der Waals surface area (Å²) in [4.78, 5) is 4.83. The van der Waals surface area contributed by atoms with Crippen molar-refractivity contribution < 1.29 is 5.11 Å². The lowest BCUT2D eigenvalue weighted by molar-refractivity contribution is 0.161. The summed E-state index contributed by atoms with van der Waals surface area (Å²) in [6.07, 6.45) is -0.734. The minimum absolute atomic E-state index is 0.0419. The molecule has 3 rings (SSSR count). The molecule has 3 atom stereocenters. The molecule has 1 heterocycles. The van der Waals surface area contributed by atoms with E-state index in [4.69, 9.17) is 16.1 Å². The van der Waals surface area contributed by atoms with Crippen LogP contribution in [-0.2, 0) is 0 Å². The van der Waals surface area contributed by atoms with Crippen molar-refractivity contribution in [2.75, 3.05) is 5.75 Å². The van der Waals surface area contributed by atoms with Crippen LogP contribution in [0.3, 0.4) is 0 Å². The highest BCUT2D eigenvalue weighted by atomic mass is 32.2. The van der Waals surface area contributed by atoms with E-state index in [0.29, 0.717) is 16.9 Å². The Morgan fingerprint density at radius 2 is 1.54 bits per heavy atom. The number of hydrogen-bond acceptors (Lipinski definition) is 7. The fraction of sp³-hybridized carbons (Fsp3) is 0.263. The molecule has 1 N–H and O–H groups in total. The van der Waals surface area contributed by atoms with E-state index in [-0.39, 0.29) is 9.83 Å². The van der Waals surface area contributed by atoms with Gasteiger partial charge in [0.15, 0.2) is 0 Å². The summed E-state index contributed by atoms with van der Waals surface area (Å²) >= 11 is 4.81. The maximum atomic E-state index is 10.7. The van der Waals surface area contributed by atoms with Crippen molar-refractivity contribution in [2.24, 2.45) is 5.11 Å². The quantitative estimate of drug-likeness (QED) is 0.234. The molecule has 0 bridgehead atoms. The summed E-state index contributed by atoms with van der Waals surface area (Å²) in [5.41, 5.74) is 9.91. The average Bonchev–Trinajstić information content (AvgIpc) is 3.09. The number of nitrogens with zero attached hydrogens (tertiary/aromatic N) is 5. The van der Waals surface area contributed by atoms with Crippen LogP contribution in [0.2, 0.25) is 0 Å². The third kappa shape index (κ3) is 4.96. The van der Waals surface area contributed by atoms with E-state index in [1.807, 2.05) is 24.3 Å². The molecule has 28 heavy (non-hydrogen) atoms. The van der Waals surface area contributed by atoms with Crippen molar-refractivity contribution in [1.29, 1.82) is 10.5 Å². The van der Waals surface area contributed by atoms with Crippen molar-refractivity contribution in [3.8, 4) is 12.1 Å². The zero-order valence-corrected chi connectivity index (χ0v) is 17.0. The molecule has 0 saturated carbocycles. The number of aliphatic hydroxyl groups excluding tert-OH is 1. The number of rotatable bonds is 6. The summed E-state index contributed by atoms with van der Waals surface area (Å²) < 4.78 is -0.0419. The molecule has 1 aliphatic rings. The third-order valence-electron chi connectivity index (χ3n) is 4.13. The molecule has 0 amide bonds. The molecule has 1 aliphatic heterocycles. The average molecular weight is 426 g/mol. The SMILES string of the molecule is N#Cc1ccc(SC(Sc2ccc(C#N)cc2)[C@H]2SC[C@@H](N=[N+]=[N-])[C@@H]2O)cc1. The maximum absolute atomic E-state index is 10.7. The van der Waals surface area contributed by atoms with Gasteiger partial charge in [-0.25, -0.2) is 0 Å². The van der Waals surface area contributed by atoms with Gasteiger partial charge in [0.05, 0.1) is 45.2 Å². The standard InChI is InChI=1S/C19H15N5OS3/c20-9-12-1-5-14(6-2-12)27-19(18-17(25)16(11-26-18)23-24-22)28-15-7-3-13(10-21)4-8-15/h1-8,16-19,25H,11H2/t16-,17+,18+/m1/s1. The van der Waals surface area contributed by atoms with Gasteiger partial charge in [-0.2, -0.15) is 22.3 Å². The number of hydrogen-bond donors (Lipinski definition) is 1. The van der Waals surface area contributed by atoms with E-state index in [9.17, 15) is 5.11 Å². The number of nitriles is 2. The first kappa shape index (κ1) is 20.5. The van der Waals surface area contributed by atoms with Crippen LogP contribution in [0, 0.1) is 22.7 Å². The van der Waals surface area contributed by atoms with Gasteiger partial charge in [0.2, 0.25) is 0 Å². The Morgan fingerprint density at radius 3 is 1.96 bits per heavy atom. The molecule has 0 aliphatic carbocycles. The molecule has 0 radical (unpaired) electrons. The molecule has 0 aromatic heterocycles. The van der Waals surface area contributed by atoms with Crippen molar-refractivity contribution in [1.82, 2.24) is 0 Å². The van der Waals surface area contributed by atoms with E-state index >= 15 is 0 Å². The first-order valence-corrected chi connectivity index (χ1v) is 11.1. The summed E-state index contributed by atoms with van der Waals surface area (Å²) in [5.74, 6) is 0.578. The van der Waals surface area contributed by atoms with Gasteiger partial charge in [0.1, 0.15) is 0 Å². The Labute approximate surface area is 175 Å². The molecule has 6 nitrogen and oxygen atoms in total. The second-order valence-electron chi connectivity index (χ2n) is 5.94. The van der Waals surface area contributed by atoms with Crippen molar-refractivity contribution >= 4 is 35.3 Å². The first-order valence-electron chi connectivity index (χ1n) is 8.32. The van der Waals surface area contributed by atoms with Crippen LogP contribution in [-0.4, -0.2) is 32.8 Å². The highest BCUT2D eigenvalue weighted by Gasteiger charge is 2.40. The minimum atomic E-state index is -0.734. The van der Waals surface area contributed by atoms with E-state index in [2.05, 4.69) is 22.2 Å². The van der Waals surface area contributed by atoms with Gasteiger partial charge < -0.3 is 5.11 Å². The van der Waals surface area contributed by atoms with E-state index in [0.717, 1.165) is 9.79 Å². The highest BCUT2D eigenvalue weighted by Crippen LogP contribution is 2.46. The zero-order chi connectivity index (χ0) is 19.9. The van der Waals surface area contributed by atoms with Gasteiger partial charge >= 0.3 is 0 Å². The van der Waals surface area contributed by atoms with Gasteiger partial charge in [-0.1, -0.05) is 5.11 Å². The molecule has 0 spiro atoms. The van der Waals surface area contributed by atoms with Crippen LogP contribution in [0.15, 0.2) is 63.4 Å². The number of aliphatic hydroxyl groups is 1. The minimum Gasteiger partial charge on any atom is -0.391 e. The summed E-state index contributed by atoms with van der Waals surface area (Å²) in [5, 5.41) is 32.2. The Balaban J connectivity index is 1.83. The molecular formula is C19H15N5OS3. The van der Waals surface area contributed by atoms with Crippen LogP contribution < -0.4 is 0 Å². The third-order valence-corrected chi connectivity index (χ3v) is 8.66. The molecular weight excluding hydrogens is 410 g/mol. The van der Waals surface area contributed by atoms with Gasteiger partial charge in [0, 0.05) is 20.5 Å². The Hall–Kier alpha value is -2.26. The van der Waals surface area contributed by atoms with Gasteiger partial charge in [-0.15, -0.1) is 23.5 Å². The van der Waals surface area contributed by atoms with Gasteiger partial charge in [-0.3, -0.25) is 0 Å². The Morgan fingerprint density at radius 1 is 1.04 bits per heavy atom. The monoisotopic (exact) mass is 425 g/mol. The lowest BCUT2D eigenvalue weighted by atomic mass is 10.1. The molecule has 2 aromatic carbocycles. The predicted molar refractivity (Wildman–Crippen MR) is 113 cm³/mol. The fourth-order valence-electron chi connectivity index (χ4n) is 2.68. The van der Waals surface area contributed by atoms with E-state index < -0.39 is 12.1 Å². The van der Waals surface area contributed by atoms with Crippen LogP contribution in [0.4, 0.5) is 0 Å². The second kappa shape index (κ2) is 9.79. The van der Waals surface area contributed by atoms with E-state index in [1.54, 1.807) is 59.6 Å². The van der Waals surface area contributed by atoms with Crippen LogP contribution in [0.5, 0.6) is 0 Å². The van der Waals surface area contributed by atoms with E-state index in [1.165, 1.54) is 0 Å². The number of benzene rings is 2. The Bertz CT molecular complexity index is 886. The van der Waals surface area contributed by atoms with Crippen LogP contribution in [0.25, 0.3) is 10.4 Å². The van der Waals surface area contributed by atoms with Crippen molar-refractivity contribution in [2.45, 2.75) is 31.8 Å². The van der Waals surface area contributed by atoms with Crippen molar-refractivity contribution in [3.05, 3.63) is 70.1 Å². The fourth-order valence-corrected chi connectivity index (χ4v) is 7.27. The molecule has 0 unspecified atom stereocenters. The topological polar surface area (TPSA) is 117 Å². The molecule has 140 valence electrons. The summed E-state index contributed by atoms with van der Waals surface area (Å²) in [6, 6.07) is 18.4. The Kier molecular flexibility index (Phi) is 7.16. The van der Waals surface area contributed by atoms with Crippen LogP contribution in [0.1, 0.15) is 11.1 Å². The maximum Gasteiger partial charge on any atom is 0.0991 e.